The van der Waals surface area contributed by atoms with Crippen LogP contribution in [0.5, 0.6) is 0 Å². The van der Waals surface area contributed by atoms with Crippen molar-refractivity contribution in [2.75, 3.05) is 0 Å². The molecule has 0 aliphatic rings. The van der Waals surface area contributed by atoms with Gasteiger partial charge in [0, 0.05) is 16.6 Å². The molecule has 0 aliphatic carbocycles. The standard InChI is InChI=1S/C20H14BrClN2/c21-15-10-11-18-19(12-15)24(13-14-6-2-1-3-7-14)20(23-18)16-8-4-5-9-17(16)22/h1-12H,13H2. The van der Waals surface area contributed by atoms with Gasteiger partial charge in [-0.1, -0.05) is 70.0 Å². The van der Waals surface area contributed by atoms with Crippen molar-refractivity contribution in [3.05, 3.63) is 87.9 Å². The molecule has 0 aliphatic heterocycles. The number of hydrogen-bond donors (Lipinski definition) is 0. The largest absolute Gasteiger partial charge is 0.319 e. The summed E-state index contributed by atoms with van der Waals surface area (Å²) < 4.78 is 3.26. The normalized spacial score (nSPS) is 11.1. The molecule has 4 aromatic rings. The van der Waals surface area contributed by atoms with Gasteiger partial charge in [0.15, 0.2) is 0 Å². The van der Waals surface area contributed by atoms with Gasteiger partial charge >= 0.3 is 0 Å². The van der Waals surface area contributed by atoms with Crippen molar-refractivity contribution in [1.29, 1.82) is 0 Å². The summed E-state index contributed by atoms with van der Waals surface area (Å²) in [4.78, 5) is 4.84. The molecule has 2 nitrogen and oxygen atoms in total. The number of aromatic nitrogens is 2. The summed E-state index contributed by atoms with van der Waals surface area (Å²) in [6.45, 7) is 0.744. The fourth-order valence-electron chi connectivity index (χ4n) is 2.87. The Bertz CT molecular complexity index is 1010. The highest BCUT2D eigenvalue weighted by molar-refractivity contribution is 9.10. The number of nitrogens with zero attached hydrogens (tertiary/aromatic N) is 2. The van der Waals surface area contributed by atoms with Crippen molar-refractivity contribution in [2.45, 2.75) is 6.54 Å². The smallest absolute Gasteiger partial charge is 0.142 e. The maximum atomic E-state index is 6.43. The van der Waals surface area contributed by atoms with E-state index in [4.69, 9.17) is 16.6 Å². The van der Waals surface area contributed by atoms with Crippen LogP contribution in [-0.4, -0.2) is 9.55 Å². The molecule has 4 heteroatoms. The van der Waals surface area contributed by atoms with E-state index in [0.29, 0.717) is 5.02 Å². The van der Waals surface area contributed by atoms with Gasteiger partial charge in [0.05, 0.1) is 16.1 Å². The molecule has 24 heavy (non-hydrogen) atoms. The Labute approximate surface area is 153 Å². The zero-order valence-corrected chi connectivity index (χ0v) is 15.1. The maximum absolute atomic E-state index is 6.43. The van der Waals surface area contributed by atoms with E-state index in [9.17, 15) is 0 Å². The van der Waals surface area contributed by atoms with Crippen molar-refractivity contribution in [1.82, 2.24) is 9.55 Å². The first-order valence-electron chi connectivity index (χ1n) is 7.67. The number of hydrogen-bond acceptors (Lipinski definition) is 1. The molecule has 0 unspecified atom stereocenters. The lowest BCUT2D eigenvalue weighted by Gasteiger charge is -2.11. The molecule has 1 heterocycles. The van der Waals surface area contributed by atoms with E-state index in [1.807, 2.05) is 42.5 Å². The predicted molar refractivity (Wildman–Crippen MR) is 103 cm³/mol. The van der Waals surface area contributed by atoms with Crippen LogP contribution in [0.3, 0.4) is 0 Å². The van der Waals surface area contributed by atoms with Crippen LogP contribution < -0.4 is 0 Å². The number of fused-ring (bicyclic) bond motifs is 1. The Hall–Kier alpha value is -2.10. The Morgan fingerprint density at radius 3 is 2.46 bits per heavy atom. The molecule has 0 radical (unpaired) electrons. The first kappa shape index (κ1) is 15.4. The summed E-state index contributed by atoms with van der Waals surface area (Å²) in [6, 6.07) is 24.4. The van der Waals surface area contributed by atoms with Crippen LogP contribution in [0.2, 0.25) is 5.02 Å². The van der Waals surface area contributed by atoms with Gasteiger partial charge in [0.2, 0.25) is 0 Å². The van der Waals surface area contributed by atoms with Crippen molar-refractivity contribution < 1.29 is 0 Å². The first-order valence-corrected chi connectivity index (χ1v) is 8.84. The fourth-order valence-corrected chi connectivity index (χ4v) is 3.44. The van der Waals surface area contributed by atoms with E-state index >= 15 is 0 Å². The highest BCUT2D eigenvalue weighted by Crippen LogP contribution is 2.31. The van der Waals surface area contributed by atoms with Gasteiger partial charge in [-0.3, -0.25) is 0 Å². The lowest BCUT2D eigenvalue weighted by Crippen LogP contribution is -2.02. The minimum absolute atomic E-state index is 0.709. The van der Waals surface area contributed by atoms with Gasteiger partial charge in [-0.15, -0.1) is 0 Å². The van der Waals surface area contributed by atoms with Gasteiger partial charge in [-0.2, -0.15) is 0 Å². The Balaban J connectivity index is 1.96. The van der Waals surface area contributed by atoms with Crippen molar-refractivity contribution >= 4 is 38.6 Å². The number of benzene rings is 3. The van der Waals surface area contributed by atoms with Crippen LogP contribution in [0.4, 0.5) is 0 Å². The molecular formula is C20H14BrClN2. The second-order valence-corrected chi connectivity index (χ2v) is 6.94. The minimum atomic E-state index is 0.709. The van der Waals surface area contributed by atoms with Crippen molar-refractivity contribution in [3.63, 3.8) is 0 Å². The molecule has 0 N–H and O–H groups in total. The third-order valence-corrected chi connectivity index (χ3v) is 4.83. The van der Waals surface area contributed by atoms with E-state index in [1.165, 1.54) is 5.56 Å². The lowest BCUT2D eigenvalue weighted by atomic mass is 10.2. The molecule has 3 aromatic carbocycles. The van der Waals surface area contributed by atoms with Crippen LogP contribution >= 0.6 is 27.5 Å². The minimum Gasteiger partial charge on any atom is -0.319 e. The molecule has 4 rings (SSSR count). The van der Waals surface area contributed by atoms with Gasteiger partial charge in [0.25, 0.3) is 0 Å². The molecule has 1 aromatic heterocycles. The molecule has 0 fully saturated rings. The zero-order chi connectivity index (χ0) is 16.5. The fraction of sp³-hybridized carbons (Fsp3) is 0.0500. The predicted octanol–water partition coefficient (Wildman–Crippen LogP) is 6.17. The summed E-state index contributed by atoms with van der Waals surface area (Å²) in [7, 11) is 0. The highest BCUT2D eigenvalue weighted by Gasteiger charge is 2.15. The highest BCUT2D eigenvalue weighted by atomic mass is 79.9. The second-order valence-electron chi connectivity index (χ2n) is 5.62. The Morgan fingerprint density at radius 2 is 1.67 bits per heavy atom. The number of rotatable bonds is 3. The van der Waals surface area contributed by atoms with E-state index in [1.54, 1.807) is 0 Å². The van der Waals surface area contributed by atoms with Crippen LogP contribution in [0.1, 0.15) is 5.56 Å². The Kier molecular flexibility index (Phi) is 4.13. The van der Waals surface area contributed by atoms with Gasteiger partial charge in [0.1, 0.15) is 5.82 Å². The average molecular weight is 398 g/mol. The molecule has 0 spiro atoms. The first-order chi connectivity index (χ1) is 11.7. The van der Waals surface area contributed by atoms with Gasteiger partial charge in [-0.25, -0.2) is 4.98 Å². The summed E-state index contributed by atoms with van der Waals surface area (Å²) >= 11 is 9.99. The third kappa shape index (κ3) is 2.85. The second kappa shape index (κ2) is 6.42. The van der Waals surface area contributed by atoms with Crippen LogP contribution in [0, 0.1) is 0 Å². The quantitative estimate of drug-likeness (QED) is 0.404. The molecule has 0 saturated heterocycles. The Morgan fingerprint density at radius 1 is 0.917 bits per heavy atom. The monoisotopic (exact) mass is 396 g/mol. The van der Waals surface area contributed by atoms with Gasteiger partial charge < -0.3 is 4.57 Å². The van der Waals surface area contributed by atoms with Crippen molar-refractivity contribution in [3.8, 4) is 11.4 Å². The van der Waals surface area contributed by atoms with Gasteiger partial charge in [-0.05, 0) is 35.9 Å². The lowest BCUT2D eigenvalue weighted by molar-refractivity contribution is 0.834. The number of imidazole rings is 1. The number of halogens is 2. The van der Waals surface area contributed by atoms with E-state index in [2.05, 4.69) is 50.8 Å². The summed E-state index contributed by atoms with van der Waals surface area (Å²) in [5, 5.41) is 0.709. The van der Waals surface area contributed by atoms with E-state index < -0.39 is 0 Å². The molecule has 0 saturated carbocycles. The van der Waals surface area contributed by atoms with Crippen molar-refractivity contribution in [2.24, 2.45) is 0 Å². The summed E-state index contributed by atoms with van der Waals surface area (Å²) in [5.74, 6) is 0.887. The SMILES string of the molecule is Clc1ccccc1-c1nc2ccc(Br)cc2n1Cc1ccccc1. The van der Waals surface area contributed by atoms with Crippen LogP contribution in [-0.2, 0) is 6.54 Å². The molecule has 0 amide bonds. The third-order valence-electron chi connectivity index (χ3n) is 4.01. The maximum Gasteiger partial charge on any atom is 0.142 e. The molecule has 118 valence electrons. The molecule has 0 bridgehead atoms. The topological polar surface area (TPSA) is 17.8 Å². The van der Waals surface area contributed by atoms with E-state index in [-0.39, 0.29) is 0 Å². The molecule has 0 atom stereocenters. The summed E-state index contributed by atoms with van der Waals surface area (Å²) in [6.07, 6.45) is 0. The average Bonchev–Trinajstić information content (AvgIpc) is 2.94. The van der Waals surface area contributed by atoms with Crippen LogP contribution in [0.25, 0.3) is 22.4 Å². The van der Waals surface area contributed by atoms with Crippen LogP contribution in [0.15, 0.2) is 77.3 Å². The molecular weight excluding hydrogens is 384 g/mol. The van der Waals surface area contributed by atoms with E-state index in [0.717, 1.165) is 33.4 Å². The summed E-state index contributed by atoms with van der Waals surface area (Å²) in [5.41, 5.74) is 4.22. The zero-order valence-electron chi connectivity index (χ0n) is 12.8.